The summed E-state index contributed by atoms with van der Waals surface area (Å²) in [5, 5.41) is 16.3. The van der Waals surface area contributed by atoms with Crippen LogP contribution in [0.1, 0.15) is 17.5 Å². The van der Waals surface area contributed by atoms with E-state index in [9.17, 15) is 10.1 Å². The van der Waals surface area contributed by atoms with Gasteiger partial charge in [0.25, 0.3) is 0 Å². The summed E-state index contributed by atoms with van der Waals surface area (Å²) in [4.78, 5) is 21.6. The topological polar surface area (TPSA) is 78.7 Å². The third-order valence-corrected chi connectivity index (χ3v) is 7.15. The second kappa shape index (κ2) is 11.0. The van der Waals surface area contributed by atoms with Crippen molar-refractivity contribution >= 4 is 57.3 Å². The molecule has 1 N–H and O–H groups in total. The van der Waals surface area contributed by atoms with Crippen LogP contribution >= 0.6 is 46.3 Å². The molecule has 170 valence electrons. The number of amides is 1. The number of anilines is 1. The zero-order chi connectivity index (χ0) is 24.1. The fourth-order valence-corrected chi connectivity index (χ4v) is 5.24. The predicted octanol–water partition coefficient (Wildman–Crippen LogP) is 7.48. The maximum Gasteiger partial charge on any atom is 0.226 e. The molecule has 2 aromatic heterocycles. The van der Waals surface area contributed by atoms with E-state index in [0.717, 1.165) is 16.8 Å². The van der Waals surface area contributed by atoms with Gasteiger partial charge in [0.05, 0.1) is 22.0 Å². The number of pyridine rings is 1. The van der Waals surface area contributed by atoms with Gasteiger partial charge in [-0.2, -0.15) is 5.26 Å². The van der Waals surface area contributed by atoms with Gasteiger partial charge in [-0.25, -0.2) is 9.97 Å². The first-order valence-electron chi connectivity index (χ1n) is 10.2. The third kappa shape index (κ3) is 5.96. The summed E-state index contributed by atoms with van der Waals surface area (Å²) in [6.45, 7) is 2.03. The van der Waals surface area contributed by atoms with Gasteiger partial charge in [-0.15, -0.1) is 23.1 Å². The van der Waals surface area contributed by atoms with E-state index in [1.165, 1.54) is 28.7 Å². The van der Waals surface area contributed by atoms with Crippen molar-refractivity contribution in [3.8, 4) is 28.6 Å². The number of hydrogen-bond donors (Lipinski definition) is 1. The summed E-state index contributed by atoms with van der Waals surface area (Å²) in [7, 11) is 0. The standard InChI is InChI=1S/C25H18Cl2N4OS2/c1-15-2-4-16(5-3-15)21-9-6-17(13-28)24(29-21)33-11-10-23(32)31-25-30-22(14-34-25)19-8-7-18(26)12-20(19)27/h2-9,12,14H,10-11H2,1H3,(H,30,31,32). The van der Waals surface area contributed by atoms with Gasteiger partial charge in [0, 0.05) is 33.7 Å². The molecular weight excluding hydrogens is 507 g/mol. The van der Waals surface area contributed by atoms with Crippen molar-refractivity contribution in [3.63, 3.8) is 0 Å². The molecule has 4 rings (SSSR count). The molecule has 4 aromatic rings. The number of carbonyl (C=O) groups excluding carboxylic acids is 1. The van der Waals surface area contributed by atoms with Crippen molar-refractivity contribution in [2.24, 2.45) is 0 Å². The highest BCUT2D eigenvalue weighted by atomic mass is 35.5. The smallest absolute Gasteiger partial charge is 0.226 e. The van der Waals surface area contributed by atoms with Crippen molar-refractivity contribution in [1.29, 1.82) is 5.26 Å². The Labute approximate surface area is 215 Å². The number of aromatic nitrogens is 2. The van der Waals surface area contributed by atoms with Gasteiger partial charge < -0.3 is 5.32 Å². The number of rotatable bonds is 7. The molecule has 0 bridgehead atoms. The van der Waals surface area contributed by atoms with Gasteiger partial charge in [-0.3, -0.25) is 4.79 Å². The summed E-state index contributed by atoms with van der Waals surface area (Å²) in [6.07, 6.45) is 0.253. The van der Waals surface area contributed by atoms with Gasteiger partial charge in [-0.05, 0) is 37.3 Å². The van der Waals surface area contributed by atoms with E-state index in [-0.39, 0.29) is 12.3 Å². The van der Waals surface area contributed by atoms with Gasteiger partial charge in [0.2, 0.25) is 5.91 Å². The fraction of sp³-hybridized carbons (Fsp3) is 0.120. The SMILES string of the molecule is Cc1ccc(-c2ccc(C#N)c(SCCC(=O)Nc3nc(-c4ccc(Cl)cc4Cl)cs3)n2)cc1. The van der Waals surface area contributed by atoms with Crippen LogP contribution in [0.15, 0.2) is 65.0 Å². The fourth-order valence-electron chi connectivity index (χ4n) is 3.09. The van der Waals surface area contributed by atoms with Crippen molar-refractivity contribution in [3.05, 3.63) is 81.1 Å². The molecule has 9 heteroatoms. The molecule has 0 unspecified atom stereocenters. The van der Waals surface area contributed by atoms with Crippen LogP contribution in [0.4, 0.5) is 5.13 Å². The van der Waals surface area contributed by atoms with Crippen molar-refractivity contribution in [1.82, 2.24) is 9.97 Å². The minimum atomic E-state index is -0.163. The highest BCUT2D eigenvalue weighted by Gasteiger charge is 2.13. The summed E-state index contributed by atoms with van der Waals surface area (Å²) in [5.74, 6) is 0.315. The molecule has 0 aliphatic carbocycles. The highest BCUT2D eigenvalue weighted by molar-refractivity contribution is 7.99. The van der Waals surface area contributed by atoms with E-state index in [1.807, 2.05) is 42.6 Å². The Morgan fingerprint density at radius 2 is 1.88 bits per heavy atom. The molecule has 0 saturated carbocycles. The van der Waals surface area contributed by atoms with Crippen molar-refractivity contribution in [2.75, 3.05) is 11.1 Å². The first-order valence-corrected chi connectivity index (χ1v) is 12.9. The zero-order valence-corrected chi connectivity index (χ0v) is 21.2. The van der Waals surface area contributed by atoms with E-state index in [2.05, 4.69) is 21.4 Å². The maximum absolute atomic E-state index is 12.4. The Morgan fingerprint density at radius 1 is 1.09 bits per heavy atom. The first kappa shape index (κ1) is 24.2. The number of thioether (sulfide) groups is 1. The number of halogens is 2. The quantitative estimate of drug-likeness (QED) is 0.253. The summed E-state index contributed by atoms with van der Waals surface area (Å²) in [6, 6.07) is 19.0. The number of aryl methyl sites for hydroxylation is 1. The molecule has 0 aliphatic rings. The Morgan fingerprint density at radius 3 is 2.62 bits per heavy atom. The van der Waals surface area contributed by atoms with Crippen LogP contribution in [0.25, 0.3) is 22.5 Å². The van der Waals surface area contributed by atoms with E-state index in [1.54, 1.807) is 24.3 Å². The Kier molecular flexibility index (Phi) is 7.86. The van der Waals surface area contributed by atoms with Crippen molar-refractivity contribution < 1.29 is 4.79 Å². The minimum absolute atomic E-state index is 0.163. The molecule has 0 aliphatic heterocycles. The van der Waals surface area contributed by atoms with Crippen LogP contribution in [0.3, 0.4) is 0 Å². The number of nitrogens with zero attached hydrogens (tertiary/aromatic N) is 3. The largest absolute Gasteiger partial charge is 0.302 e. The molecule has 2 heterocycles. The van der Waals surface area contributed by atoms with Gasteiger partial charge in [-0.1, -0.05) is 53.0 Å². The number of nitriles is 1. The maximum atomic E-state index is 12.4. The lowest BCUT2D eigenvalue weighted by Gasteiger charge is -2.07. The average molecular weight is 525 g/mol. The monoisotopic (exact) mass is 524 g/mol. The first-order chi connectivity index (χ1) is 16.4. The molecular formula is C25H18Cl2N4OS2. The lowest BCUT2D eigenvalue weighted by atomic mass is 10.1. The Balaban J connectivity index is 1.37. The van der Waals surface area contributed by atoms with Crippen molar-refractivity contribution in [2.45, 2.75) is 18.4 Å². The summed E-state index contributed by atoms with van der Waals surface area (Å²) >= 11 is 14.9. The number of hydrogen-bond acceptors (Lipinski definition) is 6. The summed E-state index contributed by atoms with van der Waals surface area (Å²) in [5.41, 5.74) is 4.86. The van der Waals surface area contributed by atoms with Gasteiger partial charge in [0.1, 0.15) is 11.1 Å². The highest BCUT2D eigenvalue weighted by Crippen LogP contribution is 2.32. The molecule has 0 radical (unpaired) electrons. The number of thiazole rings is 1. The van der Waals surface area contributed by atoms with E-state index < -0.39 is 0 Å². The average Bonchev–Trinajstić information content (AvgIpc) is 3.27. The Hall–Kier alpha value is -2.89. The molecule has 1 amide bonds. The van der Waals surface area contributed by atoms with Crippen LogP contribution in [-0.2, 0) is 4.79 Å². The molecule has 34 heavy (non-hydrogen) atoms. The molecule has 0 fully saturated rings. The third-order valence-electron chi connectivity index (χ3n) is 4.85. The zero-order valence-electron chi connectivity index (χ0n) is 18.0. The van der Waals surface area contributed by atoms with Crippen LogP contribution in [0.5, 0.6) is 0 Å². The second-order valence-corrected chi connectivity index (χ2v) is 10.1. The minimum Gasteiger partial charge on any atom is -0.302 e. The summed E-state index contributed by atoms with van der Waals surface area (Å²) < 4.78 is 0. The van der Waals surface area contributed by atoms with E-state index >= 15 is 0 Å². The van der Waals surface area contributed by atoms with Crippen LogP contribution in [0, 0.1) is 18.3 Å². The Bertz CT molecular complexity index is 1380. The van der Waals surface area contributed by atoms with Gasteiger partial charge in [0.15, 0.2) is 5.13 Å². The van der Waals surface area contributed by atoms with Crippen LogP contribution < -0.4 is 5.32 Å². The molecule has 2 aromatic carbocycles. The second-order valence-electron chi connectivity index (χ2n) is 7.34. The van der Waals surface area contributed by atoms with Crippen LogP contribution in [0.2, 0.25) is 10.0 Å². The molecule has 0 atom stereocenters. The molecule has 0 saturated heterocycles. The lowest BCUT2D eigenvalue weighted by Crippen LogP contribution is -2.12. The predicted molar refractivity (Wildman–Crippen MR) is 141 cm³/mol. The number of carbonyl (C=O) groups is 1. The van der Waals surface area contributed by atoms with E-state index in [4.69, 9.17) is 23.2 Å². The lowest BCUT2D eigenvalue weighted by molar-refractivity contribution is -0.115. The molecule has 5 nitrogen and oxygen atoms in total. The van der Waals surface area contributed by atoms with Gasteiger partial charge >= 0.3 is 0 Å². The van der Waals surface area contributed by atoms with Crippen LogP contribution in [-0.4, -0.2) is 21.6 Å². The normalized spacial score (nSPS) is 10.6. The number of nitrogens with one attached hydrogen (secondary N) is 1. The molecule has 0 spiro atoms. The van der Waals surface area contributed by atoms with E-state index in [0.29, 0.717) is 37.2 Å². The number of benzene rings is 2.